The van der Waals surface area contributed by atoms with Crippen molar-refractivity contribution in [3.05, 3.63) is 71.8 Å². The highest BCUT2D eigenvalue weighted by atomic mass is 15.2. The molecule has 128 valence electrons. The molecule has 0 bridgehead atoms. The first-order valence-electron chi connectivity index (χ1n) is 9.61. The van der Waals surface area contributed by atoms with Gasteiger partial charge < -0.3 is 0 Å². The smallest absolute Gasteiger partial charge is 0.0310 e. The lowest BCUT2D eigenvalue weighted by Gasteiger charge is -2.42. The molecule has 1 aliphatic heterocycles. The van der Waals surface area contributed by atoms with Crippen LogP contribution in [0.3, 0.4) is 0 Å². The fourth-order valence-corrected chi connectivity index (χ4v) is 3.95. The Bertz CT molecular complexity index is 744. The lowest BCUT2D eigenvalue weighted by atomic mass is 9.85. The third-order valence-corrected chi connectivity index (χ3v) is 5.73. The summed E-state index contributed by atoms with van der Waals surface area (Å²) >= 11 is 0. The van der Waals surface area contributed by atoms with Gasteiger partial charge in [0.05, 0.1) is 0 Å². The molecule has 1 heterocycles. The van der Waals surface area contributed by atoms with Crippen LogP contribution in [0.1, 0.15) is 43.2 Å². The molecule has 0 amide bonds. The molecule has 3 aliphatic carbocycles. The standard InChI is InChI=1S/C18H23N.C6H4/c1-2-15-8-3-4-9-16(15)14-17-10-5-6-11-18(17)19-12-7-13-19;1-2-6-4-3-5(1)6/h2-4,8-9,14,18H,1,5-7,10-13H2;1-4H. The third kappa shape index (κ3) is 3.48. The number of fused-ring (bicyclic) bond motifs is 1. The highest BCUT2D eigenvalue weighted by Crippen LogP contribution is 2.32. The summed E-state index contributed by atoms with van der Waals surface area (Å²) in [5.41, 5.74) is 7.08. The van der Waals surface area contributed by atoms with Crippen LogP contribution in [0.2, 0.25) is 0 Å². The van der Waals surface area contributed by atoms with E-state index in [1.54, 1.807) is 5.57 Å². The van der Waals surface area contributed by atoms with Crippen molar-refractivity contribution in [1.82, 2.24) is 4.90 Å². The summed E-state index contributed by atoms with van der Waals surface area (Å²) in [5.74, 6) is 0. The molecule has 2 fully saturated rings. The van der Waals surface area contributed by atoms with E-state index in [1.807, 2.05) is 6.08 Å². The Hall–Kier alpha value is -2.12. The van der Waals surface area contributed by atoms with Crippen molar-refractivity contribution in [2.24, 2.45) is 0 Å². The molecule has 1 atom stereocenters. The van der Waals surface area contributed by atoms with E-state index in [-0.39, 0.29) is 0 Å². The molecule has 0 N–H and O–H groups in total. The number of rotatable bonds is 3. The first-order chi connectivity index (χ1) is 12.3. The maximum atomic E-state index is 3.93. The fourth-order valence-electron chi connectivity index (χ4n) is 3.95. The Morgan fingerprint density at radius 3 is 2.04 bits per heavy atom. The molecule has 0 aromatic heterocycles. The molecule has 0 radical (unpaired) electrons. The second-order valence-electron chi connectivity index (χ2n) is 7.28. The Balaban J connectivity index is 0.000000217. The molecule has 1 aromatic carbocycles. The Morgan fingerprint density at radius 2 is 1.52 bits per heavy atom. The highest BCUT2D eigenvalue weighted by molar-refractivity contribution is 5.75. The molecule has 1 unspecified atom stereocenters. The molecule has 1 heteroatoms. The topological polar surface area (TPSA) is 3.24 Å². The van der Waals surface area contributed by atoms with Crippen LogP contribution in [0.4, 0.5) is 0 Å². The van der Waals surface area contributed by atoms with E-state index in [0.717, 1.165) is 0 Å². The number of benzene rings is 2. The van der Waals surface area contributed by atoms with Gasteiger partial charge in [0.1, 0.15) is 0 Å². The van der Waals surface area contributed by atoms with Crippen LogP contribution < -0.4 is 0 Å². The summed E-state index contributed by atoms with van der Waals surface area (Å²) in [6.07, 6.45) is 11.1. The van der Waals surface area contributed by atoms with E-state index < -0.39 is 0 Å². The van der Waals surface area contributed by atoms with Gasteiger partial charge >= 0.3 is 0 Å². The summed E-state index contributed by atoms with van der Waals surface area (Å²) in [5, 5.41) is 0. The van der Waals surface area contributed by atoms with E-state index in [9.17, 15) is 0 Å². The zero-order valence-electron chi connectivity index (χ0n) is 15.0. The van der Waals surface area contributed by atoms with Gasteiger partial charge in [0.2, 0.25) is 0 Å². The largest absolute Gasteiger partial charge is 0.297 e. The highest BCUT2D eigenvalue weighted by Gasteiger charge is 2.28. The number of hydrogen-bond donors (Lipinski definition) is 0. The van der Waals surface area contributed by atoms with Gasteiger partial charge in [-0.2, -0.15) is 0 Å². The van der Waals surface area contributed by atoms with Crippen molar-refractivity contribution in [3.8, 4) is 11.1 Å². The lowest BCUT2D eigenvalue weighted by Crippen LogP contribution is -2.46. The van der Waals surface area contributed by atoms with Gasteiger partial charge in [0.15, 0.2) is 0 Å². The maximum Gasteiger partial charge on any atom is 0.0310 e. The summed E-state index contributed by atoms with van der Waals surface area (Å²) < 4.78 is 0. The number of nitrogens with zero attached hydrogens (tertiary/aromatic N) is 1. The van der Waals surface area contributed by atoms with Crippen LogP contribution in [-0.2, 0) is 0 Å². The number of hydrogen-bond acceptors (Lipinski definition) is 1. The zero-order chi connectivity index (χ0) is 17.1. The van der Waals surface area contributed by atoms with Crippen molar-refractivity contribution in [2.45, 2.75) is 38.1 Å². The minimum atomic E-state index is 0.709. The first-order valence-corrected chi connectivity index (χ1v) is 9.61. The van der Waals surface area contributed by atoms with E-state index in [0.29, 0.717) is 6.04 Å². The van der Waals surface area contributed by atoms with Gasteiger partial charge in [-0.1, -0.05) is 79.3 Å². The second kappa shape index (κ2) is 7.41. The lowest BCUT2D eigenvalue weighted by molar-refractivity contribution is 0.121. The zero-order valence-corrected chi connectivity index (χ0v) is 15.0. The van der Waals surface area contributed by atoms with Crippen LogP contribution >= 0.6 is 0 Å². The van der Waals surface area contributed by atoms with Gasteiger partial charge in [-0.15, -0.1) is 0 Å². The van der Waals surface area contributed by atoms with Crippen molar-refractivity contribution in [1.29, 1.82) is 0 Å². The molecule has 5 rings (SSSR count). The summed E-state index contributed by atoms with van der Waals surface area (Å²) in [6, 6.07) is 17.8. The third-order valence-electron chi connectivity index (χ3n) is 5.73. The van der Waals surface area contributed by atoms with E-state index in [2.05, 4.69) is 66.1 Å². The molecule has 1 saturated carbocycles. The van der Waals surface area contributed by atoms with Gasteiger partial charge in [-0.3, -0.25) is 4.90 Å². The molecular weight excluding hydrogens is 302 g/mol. The molecular formula is C24H27N. The van der Waals surface area contributed by atoms with Crippen LogP contribution in [-0.4, -0.2) is 24.0 Å². The minimum absolute atomic E-state index is 0.709. The molecule has 1 aromatic rings. The SMILES string of the molecule is C=Cc1ccccc1C=C1CCCCC1N1CCC1.c1cc2ccc1-2. The van der Waals surface area contributed by atoms with E-state index >= 15 is 0 Å². The molecule has 0 spiro atoms. The molecule has 4 aliphatic rings. The minimum Gasteiger partial charge on any atom is -0.297 e. The second-order valence-corrected chi connectivity index (χ2v) is 7.28. The normalized spacial score (nSPS) is 22.6. The van der Waals surface area contributed by atoms with E-state index in [4.69, 9.17) is 0 Å². The van der Waals surface area contributed by atoms with Crippen molar-refractivity contribution in [2.75, 3.05) is 13.1 Å². The van der Waals surface area contributed by atoms with Crippen LogP contribution in [0.25, 0.3) is 23.3 Å². The molecule has 1 saturated heterocycles. The van der Waals surface area contributed by atoms with Crippen LogP contribution in [0, 0.1) is 0 Å². The van der Waals surface area contributed by atoms with Crippen molar-refractivity contribution < 1.29 is 0 Å². The summed E-state index contributed by atoms with van der Waals surface area (Å²) in [6.45, 7) is 6.52. The fraction of sp³-hybridized carbons (Fsp3) is 0.333. The van der Waals surface area contributed by atoms with Crippen LogP contribution in [0.5, 0.6) is 0 Å². The Kier molecular flexibility index (Phi) is 4.85. The van der Waals surface area contributed by atoms with Gasteiger partial charge in [-0.05, 0) is 61.0 Å². The predicted molar refractivity (Wildman–Crippen MR) is 108 cm³/mol. The Morgan fingerprint density at radius 1 is 0.840 bits per heavy atom. The van der Waals surface area contributed by atoms with Crippen molar-refractivity contribution >= 4 is 12.2 Å². The maximum absolute atomic E-state index is 3.93. The summed E-state index contributed by atoms with van der Waals surface area (Å²) in [4.78, 5) is 2.65. The Labute approximate surface area is 151 Å². The van der Waals surface area contributed by atoms with Gasteiger partial charge in [-0.25, -0.2) is 0 Å². The molecule has 1 nitrogen and oxygen atoms in total. The monoisotopic (exact) mass is 329 g/mol. The average molecular weight is 329 g/mol. The van der Waals surface area contributed by atoms with Gasteiger partial charge in [0, 0.05) is 6.04 Å². The average Bonchev–Trinajstić information content (AvgIpc) is 2.59. The van der Waals surface area contributed by atoms with E-state index in [1.165, 1.54) is 67.4 Å². The predicted octanol–water partition coefficient (Wildman–Crippen LogP) is 6.03. The summed E-state index contributed by atoms with van der Waals surface area (Å²) in [7, 11) is 0. The van der Waals surface area contributed by atoms with Gasteiger partial charge in [0.25, 0.3) is 0 Å². The number of likely N-dealkylation sites (tertiary alicyclic amines) is 1. The van der Waals surface area contributed by atoms with Crippen molar-refractivity contribution in [3.63, 3.8) is 0 Å². The van der Waals surface area contributed by atoms with Crippen LogP contribution in [0.15, 0.2) is 60.7 Å². The molecule has 25 heavy (non-hydrogen) atoms. The quantitative estimate of drug-likeness (QED) is 0.567. The first kappa shape index (κ1) is 16.4.